The van der Waals surface area contributed by atoms with E-state index in [2.05, 4.69) is 31.2 Å². The van der Waals surface area contributed by atoms with Crippen LogP contribution in [0.1, 0.15) is 43.4 Å². The van der Waals surface area contributed by atoms with Crippen LogP contribution in [-0.2, 0) is 5.41 Å². The van der Waals surface area contributed by atoms with E-state index >= 15 is 0 Å². The highest BCUT2D eigenvalue weighted by Crippen LogP contribution is 2.41. The fourth-order valence-electron chi connectivity index (χ4n) is 3.25. The molecule has 0 radical (unpaired) electrons. The van der Waals surface area contributed by atoms with Gasteiger partial charge in [-0.2, -0.15) is 0 Å². The highest BCUT2D eigenvalue weighted by molar-refractivity contribution is 5.81. The summed E-state index contributed by atoms with van der Waals surface area (Å²) in [6.45, 7) is 2.80. The average molecular weight is 243 g/mol. The summed E-state index contributed by atoms with van der Waals surface area (Å²) < 4.78 is 6.15. The van der Waals surface area contributed by atoms with Gasteiger partial charge in [0.25, 0.3) is 0 Å². The van der Waals surface area contributed by atoms with Crippen molar-refractivity contribution in [1.29, 1.82) is 0 Å². The van der Waals surface area contributed by atoms with Crippen LogP contribution in [0, 0.1) is 6.92 Å². The van der Waals surface area contributed by atoms with Crippen LogP contribution in [0.3, 0.4) is 0 Å². The van der Waals surface area contributed by atoms with E-state index in [1.807, 2.05) is 0 Å². The molecule has 1 aromatic carbocycles. The Bertz CT molecular complexity index is 549. The molecule has 0 unspecified atom stereocenters. The summed E-state index contributed by atoms with van der Waals surface area (Å²) in [5.74, 6) is 1.11. The fraction of sp³-hybridized carbons (Fsp3) is 0.500. The molecule has 2 nitrogen and oxygen atoms in total. The van der Waals surface area contributed by atoms with Gasteiger partial charge in [-0.25, -0.2) is 0 Å². The third-order valence-electron chi connectivity index (χ3n) is 4.47. The first kappa shape index (κ1) is 11.8. The Morgan fingerprint density at radius 2 is 2.00 bits per heavy atom. The van der Waals surface area contributed by atoms with Gasteiger partial charge in [0.15, 0.2) is 0 Å². The maximum atomic E-state index is 6.15. The molecule has 18 heavy (non-hydrogen) atoms. The van der Waals surface area contributed by atoms with Crippen LogP contribution in [-0.4, -0.2) is 6.54 Å². The Kier molecular flexibility index (Phi) is 2.90. The third kappa shape index (κ3) is 1.76. The lowest BCUT2D eigenvalue weighted by Gasteiger charge is -2.34. The molecule has 0 aliphatic heterocycles. The third-order valence-corrected chi connectivity index (χ3v) is 4.47. The number of furan rings is 1. The number of benzene rings is 1. The van der Waals surface area contributed by atoms with Crippen molar-refractivity contribution in [3.8, 4) is 0 Å². The summed E-state index contributed by atoms with van der Waals surface area (Å²) in [6.07, 6.45) is 6.21. The minimum atomic E-state index is 0.0870. The zero-order valence-electron chi connectivity index (χ0n) is 11.0. The molecule has 2 N–H and O–H groups in total. The van der Waals surface area contributed by atoms with Gasteiger partial charge in [-0.15, -0.1) is 0 Å². The van der Waals surface area contributed by atoms with Gasteiger partial charge in [-0.3, -0.25) is 0 Å². The minimum absolute atomic E-state index is 0.0870. The van der Waals surface area contributed by atoms with E-state index in [1.165, 1.54) is 43.1 Å². The number of fused-ring (bicyclic) bond motifs is 1. The molecule has 1 fully saturated rings. The lowest BCUT2D eigenvalue weighted by molar-refractivity contribution is 0.257. The summed E-state index contributed by atoms with van der Waals surface area (Å²) in [7, 11) is 0. The molecular formula is C16H21NO. The summed E-state index contributed by atoms with van der Waals surface area (Å²) in [5.41, 5.74) is 8.40. The number of nitrogens with two attached hydrogens (primary N) is 1. The highest BCUT2D eigenvalue weighted by atomic mass is 16.3. The molecule has 0 amide bonds. The topological polar surface area (TPSA) is 39.2 Å². The Hall–Kier alpha value is -1.28. The molecule has 0 atom stereocenters. The molecular weight excluding hydrogens is 222 g/mol. The van der Waals surface area contributed by atoms with Gasteiger partial charge in [0.05, 0.1) is 0 Å². The molecule has 0 spiro atoms. The first-order valence-corrected chi connectivity index (χ1v) is 6.95. The Morgan fingerprint density at radius 3 is 2.67 bits per heavy atom. The van der Waals surface area contributed by atoms with Crippen molar-refractivity contribution in [3.05, 3.63) is 35.6 Å². The standard InChI is InChI=1S/C16H21NO/c1-12-6-5-7-13-10-14(18-15(12)13)16(11-17)8-3-2-4-9-16/h5-7,10H,2-4,8-9,11,17H2,1H3. The second-order valence-corrected chi connectivity index (χ2v) is 5.65. The van der Waals surface area contributed by atoms with E-state index in [1.54, 1.807) is 0 Å². The summed E-state index contributed by atoms with van der Waals surface area (Å²) in [4.78, 5) is 0. The Labute approximate surface area is 108 Å². The van der Waals surface area contributed by atoms with Crippen LogP contribution < -0.4 is 5.73 Å². The second kappa shape index (κ2) is 4.43. The number of para-hydroxylation sites is 1. The molecule has 2 aromatic rings. The summed E-state index contributed by atoms with van der Waals surface area (Å²) >= 11 is 0. The number of rotatable bonds is 2. The van der Waals surface area contributed by atoms with E-state index in [-0.39, 0.29) is 5.41 Å². The van der Waals surface area contributed by atoms with E-state index < -0.39 is 0 Å². The summed E-state index contributed by atoms with van der Waals surface area (Å²) in [5, 5.41) is 1.21. The van der Waals surface area contributed by atoms with E-state index in [9.17, 15) is 0 Å². The van der Waals surface area contributed by atoms with Crippen molar-refractivity contribution in [2.45, 2.75) is 44.4 Å². The number of hydrogen-bond acceptors (Lipinski definition) is 2. The van der Waals surface area contributed by atoms with Crippen LogP contribution in [0.15, 0.2) is 28.7 Å². The van der Waals surface area contributed by atoms with E-state index in [4.69, 9.17) is 10.2 Å². The van der Waals surface area contributed by atoms with Crippen LogP contribution in [0.4, 0.5) is 0 Å². The number of hydrogen-bond donors (Lipinski definition) is 1. The Balaban J connectivity index is 2.09. The lowest BCUT2D eigenvalue weighted by atomic mass is 9.72. The molecule has 1 aliphatic carbocycles. The normalized spacial score (nSPS) is 19.2. The summed E-state index contributed by atoms with van der Waals surface area (Å²) in [6, 6.07) is 8.53. The minimum Gasteiger partial charge on any atom is -0.460 e. The molecule has 1 aromatic heterocycles. The van der Waals surface area contributed by atoms with Gasteiger partial charge in [0.2, 0.25) is 0 Å². The van der Waals surface area contributed by atoms with Crippen LogP contribution in [0.25, 0.3) is 11.0 Å². The molecule has 1 aliphatic rings. The van der Waals surface area contributed by atoms with Crippen LogP contribution >= 0.6 is 0 Å². The first-order valence-electron chi connectivity index (χ1n) is 6.95. The van der Waals surface area contributed by atoms with Crippen molar-refractivity contribution in [1.82, 2.24) is 0 Å². The molecule has 2 heteroatoms. The monoisotopic (exact) mass is 243 g/mol. The van der Waals surface area contributed by atoms with Gasteiger partial charge < -0.3 is 10.2 Å². The van der Waals surface area contributed by atoms with E-state index in [0.29, 0.717) is 6.54 Å². The number of aryl methyl sites for hydroxylation is 1. The second-order valence-electron chi connectivity index (χ2n) is 5.65. The zero-order valence-corrected chi connectivity index (χ0v) is 11.0. The predicted octanol–water partition coefficient (Wildman–Crippen LogP) is 3.90. The Morgan fingerprint density at radius 1 is 1.22 bits per heavy atom. The molecule has 1 heterocycles. The van der Waals surface area contributed by atoms with Crippen LogP contribution in [0.2, 0.25) is 0 Å². The molecule has 0 saturated heterocycles. The van der Waals surface area contributed by atoms with Crippen molar-refractivity contribution in [2.75, 3.05) is 6.54 Å². The van der Waals surface area contributed by atoms with Gasteiger partial charge in [0.1, 0.15) is 11.3 Å². The first-order chi connectivity index (χ1) is 8.75. The predicted molar refractivity (Wildman–Crippen MR) is 74.8 cm³/mol. The van der Waals surface area contributed by atoms with Gasteiger partial charge in [0, 0.05) is 17.3 Å². The fourth-order valence-corrected chi connectivity index (χ4v) is 3.25. The quantitative estimate of drug-likeness (QED) is 0.868. The molecule has 96 valence electrons. The highest BCUT2D eigenvalue weighted by Gasteiger charge is 2.35. The zero-order chi connectivity index (χ0) is 12.6. The molecule has 0 bridgehead atoms. The van der Waals surface area contributed by atoms with E-state index in [0.717, 1.165) is 11.3 Å². The van der Waals surface area contributed by atoms with Crippen molar-refractivity contribution < 1.29 is 4.42 Å². The smallest absolute Gasteiger partial charge is 0.137 e. The molecule has 1 saturated carbocycles. The van der Waals surface area contributed by atoms with Crippen molar-refractivity contribution >= 4 is 11.0 Å². The lowest BCUT2D eigenvalue weighted by Crippen LogP contribution is -2.36. The van der Waals surface area contributed by atoms with Crippen LogP contribution in [0.5, 0.6) is 0 Å². The largest absolute Gasteiger partial charge is 0.460 e. The van der Waals surface area contributed by atoms with Crippen molar-refractivity contribution in [2.24, 2.45) is 5.73 Å². The average Bonchev–Trinajstić information content (AvgIpc) is 2.85. The maximum Gasteiger partial charge on any atom is 0.137 e. The SMILES string of the molecule is Cc1cccc2cc(C3(CN)CCCCC3)oc12. The van der Waals surface area contributed by atoms with Gasteiger partial charge >= 0.3 is 0 Å². The maximum absolute atomic E-state index is 6.15. The van der Waals surface area contributed by atoms with Gasteiger partial charge in [-0.1, -0.05) is 37.5 Å². The van der Waals surface area contributed by atoms with Crippen molar-refractivity contribution in [3.63, 3.8) is 0 Å². The van der Waals surface area contributed by atoms with Gasteiger partial charge in [-0.05, 0) is 31.4 Å². The molecule has 3 rings (SSSR count).